The third kappa shape index (κ3) is 3.14. The second-order valence-electron chi connectivity index (χ2n) is 4.76. The highest BCUT2D eigenvalue weighted by atomic mass is 35.5. The number of rotatable bonds is 4. The van der Waals surface area contributed by atoms with Crippen molar-refractivity contribution in [1.29, 1.82) is 0 Å². The van der Waals surface area contributed by atoms with Crippen LogP contribution in [0.1, 0.15) is 18.4 Å². The molecule has 4 nitrogen and oxygen atoms in total. The van der Waals surface area contributed by atoms with Crippen molar-refractivity contribution in [3.8, 4) is 0 Å². The van der Waals surface area contributed by atoms with Crippen LogP contribution in [0.4, 0.5) is 4.39 Å². The van der Waals surface area contributed by atoms with Crippen molar-refractivity contribution in [3.63, 3.8) is 0 Å². The summed E-state index contributed by atoms with van der Waals surface area (Å²) < 4.78 is 45.4. The number of piperidine rings is 1. The van der Waals surface area contributed by atoms with Gasteiger partial charge in [-0.1, -0.05) is 6.07 Å². The molecule has 112 valence electrons. The van der Waals surface area contributed by atoms with Gasteiger partial charge in [0.15, 0.2) is 0 Å². The number of halogens is 2. The summed E-state index contributed by atoms with van der Waals surface area (Å²) in [6, 6.07) is 3.97. The molecule has 1 atom stereocenters. The minimum Gasteiger partial charge on any atom is -0.380 e. The molecule has 0 aromatic heterocycles. The molecule has 1 heterocycles. The van der Waals surface area contributed by atoms with Crippen LogP contribution in [0.3, 0.4) is 0 Å². The average Bonchev–Trinajstić information content (AvgIpc) is 2.46. The second-order valence-corrected chi connectivity index (χ2v) is 6.94. The SMILES string of the molecule is COC1CCCN(S(=O)(=O)c2ccc(CCl)cc2F)C1. The zero-order chi connectivity index (χ0) is 14.8. The highest BCUT2D eigenvalue weighted by molar-refractivity contribution is 7.89. The van der Waals surface area contributed by atoms with E-state index >= 15 is 0 Å². The zero-order valence-corrected chi connectivity index (χ0v) is 12.8. The van der Waals surface area contributed by atoms with Gasteiger partial charge < -0.3 is 4.74 Å². The van der Waals surface area contributed by atoms with E-state index in [4.69, 9.17) is 16.3 Å². The molecule has 0 spiro atoms. The Kier molecular flexibility index (Phi) is 5.01. The van der Waals surface area contributed by atoms with Crippen LogP contribution in [0, 0.1) is 5.82 Å². The maximum absolute atomic E-state index is 14.0. The first-order chi connectivity index (χ1) is 9.48. The van der Waals surface area contributed by atoms with E-state index in [-0.39, 0.29) is 23.4 Å². The summed E-state index contributed by atoms with van der Waals surface area (Å²) in [5.74, 6) is -0.616. The van der Waals surface area contributed by atoms with Gasteiger partial charge in [0.1, 0.15) is 10.7 Å². The molecule has 1 aromatic rings. The second kappa shape index (κ2) is 6.39. The molecular formula is C13H17ClFNO3S. The van der Waals surface area contributed by atoms with Crippen molar-refractivity contribution in [2.45, 2.75) is 29.7 Å². The van der Waals surface area contributed by atoms with Gasteiger partial charge in [0.2, 0.25) is 10.0 Å². The van der Waals surface area contributed by atoms with Crippen LogP contribution in [-0.2, 0) is 20.6 Å². The number of benzene rings is 1. The Morgan fingerprint density at radius 1 is 1.50 bits per heavy atom. The van der Waals surface area contributed by atoms with Gasteiger partial charge in [0, 0.05) is 26.1 Å². The molecule has 0 radical (unpaired) electrons. The van der Waals surface area contributed by atoms with Crippen molar-refractivity contribution in [2.24, 2.45) is 0 Å². The molecule has 2 rings (SSSR count). The van der Waals surface area contributed by atoms with E-state index < -0.39 is 15.8 Å². The van der Waals surface area contributed by atoms with Crippen molar-refractivity contribution in [1.82, 2.24) is 4.31 Å². The molecule has 1 fully saturated rings. The normalized spacial score (nSPS) is 21.1. The fraction of sp³-hybridized carbons (Fsp3) is 0.538. The lowest BCUT2D eigenvalue weighted by Crippen LogP contribution is -2.43. The monoisotopic (exact) mass is 321 g/mol. The fourth-order valence-corrected chi connectivity index (χ4v) is 4.01. The van der Waals surface area contributed by atoms with Gasteiger partial charge in [-0.2, -0.15) is 4.31 Å². The van der Waals surface area contributed by atoms with Crippen LogP contribution in [0.5, 0.6) is 0 Å². The van der Waals surface area contributed by atoms with Crippen LogP contribution in [0.2, 0.25) is 0 Å². The van der Waals surface area contributed by atoms with Gasteiger partial charge in [-0.05, 0) is 30.5 Å². The van der Waals surface area contributed by atoms with Gasteiger partial charge in [-0.15, -0.1) is 11.6 Å². The van der Waals surface area contributed by atoms with E-state index in [0.717, 1.165) is 12.5 Å². The third-order valence-electron chi connectivity index (χ3n) is 3.44. The van der Waals surface area contributed by atoms with Crippen molar-refractivity contribution >= 4 is 21.6 Å². The first-order valence-electron chi connectivity index (χ1n) is 6.36. The predicted molar refractivity (Wildman–Crippen MR) is 74.7 cm³/mol. The summed E-state index contributed by atoms with van der Waals surface area (Å²) in [5, 5.41) is 0. The number of nitrogens with zero attached hydrogens (tertiary/aromatic N) is 1. The van der Waals surface area contributed by atoms with Gasteiger partial charge in [-0.3, -0.25) is 0 Å². The summed E-state index contributed by atoms with van der Waals surface area (Å²) in [6.45, 7) is 0.647. The van der Waals surface area contributed by atoms with Crippen molar-refractivity contribution in [3.05, 3.63) is 29.6 Å². The van der Waals surface area contributed by atoms with Crippen LogP contribution in [-0.4, -0.2) is 39.0 Å². The molecule has 1 aliphatic rings. The molecule has 0 N–H and O–H groups in total. The Hall–Kier alpha value is -0.690. The number of ether oxygens (including phenoxy) is 1. The van der Waals surface area contributed by atoms with E-state index in [9.17, 15) is 12.8 Å². The lowest BCUT2D eigenvalue weighted by Gasteiger charge is -2.31. The highest BCUT2D eigenvalue weighted by Crippen LogP contribution is 2.24. The molecule has 1 aliphatic heterocycles. The molecule has 1 unspecified atom stereocenters. The topological polar surface area (TPSA) is 46.6 Å². The fourth-order valence-electron chi connectivity index (χ4n) is 2.29. The molecule has 20 heavy (non-hydrogen) atoms. The van der Waals surface area contributed by atoms with E-state index in [0.29, 0.717) is 18.5 Å². The van der Waals surface area contributed by atoms with Crippen LogP contribution in [0.25, 0.3) is 0 Å². The van der Waals surface area contributed by atoms with E-state index in [1.165, 1.54) is 16.4 Å². The summed E-state index contributed by atoms with van der Waals surface area (Å²) in [5.41, 5.74) is 0.552. The number of hydrogen-bond acceptors (Lipinski definition) is 3. The molecule has 1 aromatic carbocycles. The maximum atomic E-state index is 14.0. The molecule has 0 amide bonds. The smallest absolute Gasteiger partial charge is 0.246 e. The Morgan fingerprint density at radius 2 is 2.25 bits per heavy atom. The number of methoxy groups -OCH3 is 1. The summed E-state index contributed by atoms with van der Waals surface area (Å²) >= 11 is 5.61. The Bertz CT molecular complexity index is 579. The van der Waals surface area contributed by atoms with Gasteiger partial charge >= 0.3 is 0 Å². The standard InChI is InChI=1S/C13H17ClFNO3S/c1-19-11-3-2-6-16(9-11)20(17,18)13-5-4-10(8-14)7-12(13)15/h4-5,7,11H,2-3,6,8-9H2,1H3. The summed E-state index contributed by atoms with van der Waals surface area (Å²) in [4.78, 5) is -0.303. The predicted octanol–water partition coefficient (Wildman–Crippen LogP) is 2.36. The van der Waals surface area contributed by atoms with Gasteiger partial charge in [0.25, 0.3) is 0 Å². The van der Waals surface area contributed by atoms with E-state index in [1.54, 1.807) is 7.11 Å². The first-order valence-corrected chi connectivity index (χ1v) is 8.34. The number of alkyl halides is 1. The zero-order valence-electron chi connectivity index (χ0n) is 11.2. The Balaban J connectivity index is 2.30. The quantitative estimate of drug-likeness (QED) is 0.800. The minimum atomic E-state index is -3.83. The molecule has 0 aliphatic carbocycles. The molecule has 0 bridgehead atoms. The maximum Gasteiger partial charge on any atom is 0.246 e. The molecular weight excluding hydrogens is 305 g/mol. The Morgan fingerprint density at radius 3 is 2.85 bits per heavy atom. The van der Waals surface area contributed by atoms with Crippen molar-refractivity contribution < 1.29 is 17.5 Å². The van der Waals surface area contributed by atoms with Gasteiger partial charge in [-0.25, -0.2) is 12.8 Å². The average molecular weight is 322 g/mol. The summed E-state index contributed by atoms with van der Waals surface area (Å²) in [6.07, 6.45) is 1.39. The van der Waals surface area contributed by atoms with Crippen molar-refractivity contribution in [2.75, 3.05) is 20.2 Å². The number of sulfonamides is 1. The summed E-state index contributed by atoms with van der Waals surface area (Å²) in [7, 11) is -2.27. The molecule has 0 saturated carbocycles. The minimum absolute atomic E-state index is 0.135. The van der Waals surface area contributed by atoms with Crippen LogP contribution >= 0.6 is 11.6 Å². The lowest BCUT2D eigenvalue weighted by atomic mass is 10.1. The molecule has 1 saturated heterocycles. The number of hydrogen-bond donors (Lipinski definition) is 0. The van der Waals surface area contributed by atoms with Crippen LogP contribution in [0.15, 0.2) is 23.1 Å². The first kappa shape index (κ1) is 15.7. The highest BCUT2D eigenvalue weighted by Gasteiger charge is 2.32. The lowest BCUT2D eigenvalue weighted by molar-refractivity contribution is 0.0571. The largest absolute Gasteiger partial charge is 0.380 e. The third-order valence-corrected chi connectivity index (χ3v) is 5.65. The van der Waals surface area contributed by atoms with E-state index in [1.807, 2.05) is 0 Å². The molecule has 7 heteroatoms. The van der Waals surface area contributed by atoms with Crippen LogP contribution < -0.4 is 0 Å². The van der Waals surface area contributed by atoms with E-state index in [2.05, 4.69) is 0 Å². The Labute approximate surface area is 123 Å². The van der Waals surface area contributed by atoms with Gasteiger partial charge in [0.05, 0.1) is 6.10 Å².